The number of esters is 1. The summed E-state index contributed by atoms with van der Waals surface area (Å²) in [5.41, 5.74) is 0.556. The molecule has 2 aliphatic heterocycles. The van der Waals surface area contributed by atoms with E-state index in [0.717, 1.165) is 11.3 Å². The maximum absolute atomic E-state index is 12.2. The Morgan fingerprint density at radius 2 is 1.71 bits per heavy atom. The Kier molecular flexibility index (Phi) is 11.8. The molecule has 2 heterocycles. The Hall–Kier alpha value is -1.79. The van der Waals surface area contributed by atoms with E-state index in [1.165, 1.54) is 7.11 Å². The van der Waals surface area contributed by atoms with Crippen LogP contribution < -0.4 is 4.74 Å². The first kappa shape index (κ1) is 30.7. The van der Waals surface area contributed by atoms with Crippen molar-refractivity contribution in [2.75, 3.05) is 48.8 Å². The largest absolute Gasteiger partial charge is 0.497 e. The second-order valence-electron chi connectivity index (χ2n) is 10.3. The SMILES string of the molecule is COC(=O)C[C@@H]1O[C@H](CCOCc2ccc(OC)cc2)C[C@H](O[C@@H]2OC[C@@H](OC)[C@H](OC)[C@H]2OC)C1(C)C. The van der Waals surface area contributed by atoms with Crippen LogP contribution in [-0.2, 0) is 49.3 Å². The first-order valence-corrected chi connectivity index (χ1v) is 13.1. The predicted octanol–water partition coefficient (Wildman–Crippen LogP) is 3.14. The molecule has 0 N–H and O–H groups in total. The van der Waals surface area contributed by atoms with Crippen LogP contribution in [0.4, 0.5) is 0 Å². The standard InChI is InChI=1S/C28H44O10/c1-28(2)22(38-27-26(34-7)25(33-6)21(31-4)17-36-27)14-20(37-23(28)15-24(29)32-5)12-13-35-16-18-8-10-19(30-3)11-9-18/h8-11,20-23,25-27H,12-17H2,1-7H3/t20-,21-,22+,23+,25+,26-,27+/m1/s1. The molecule has 3 rings (SSSR count). The highest BCUT2D eigenvalue weighted by atomic mass is 16.7. The molecule has 10 heteroatoms. The zero-order valence-corrected chi connectivity index (χ0v) is 23.7. The molecule has 216 valence electrons. The van der Waals surface area contributed by atoms with E-state index in [9.17, 15) is 4.79 Å². The molecule has 38 heavy (non-hydrogen) atoms. The van der Waals surface area contributed by atoms with Crippen LogP contribution in [0.15, 0.2) is 24.3 Å². The maximum Gasteiger partial charge on any atom is 0.308 e. The van der Waals surface area contributed by atoms with Crippen LogP contribution in [0.1, 0.15) is 38.7 Å². The van der Waals surface area contributed by atoms with E-state index in [-0.39, 0.29) is 36.8 Å². The average Bonchev–Trinajstić information content (AvgIpc) is 2.93. The van der Waals surface area contributed by atoms with E-state index in [1.807, 2.05) is 38.1 Å². The van der Waals surface area contributed by atoms with Crippen molar-refractivity contribution in [2.24, 2.45) is 5.41 Å². The van der Waals surface area contributed by atoms with Gasteiger partial charge in [-0.3, -0.25) is 4.79 Å². The van der Waals surface area contributed by atoms with Crippen molar-refractivity contribution in [2.45, 2.75) is 82.6 Å². The van der Waals surface area contributed by atoms with Gasteiger partial charge in [0.1, 0.15) is 24.1 Å². The molecule has 0 spiro atoms. The van der Waals surface area contributed by atoms with Crippen LogP contribution in [0.5, 0.6) is 5.75 Å². The molecule has 0 unspecified atom stereocenters. The first-order chi connectivity index (χ1) is 18.3. The van der Waals surface area contributed by atoms with Gasteiger partial charge in [0, 0.05) is 39.8 Å². The van der Waals surface area contributed by atoms with Gasteiger partial charge in [-0.15, -0.1) is 0 Å². The van der Waals surface area contributed by atoms with Crippen LogP contribution in [0.2, 0.25) is 0 Å². The number of rotatable bonds is 13. The number of hydrogen-bond donors (Lipinski definition) is 0. The maximum atomic E-state index is 12.2. The first-order valence-electron chi connectivity index (χ1n) is 13.1. The summed E-state index contributed by atoms with van der Waals surface area (Å²) in [6, 6.07) is 7.78. The van der Waals surface area contributed by atoms with Crippen LogP contribution in [0.3, 0.4) is 0 Å². The van der Waals surface area contributed by atoms with Gasteiger partial charge in [-0.1, -0.05) is 26.0 Å². The molecular weight excluding hydrogens is 496 g/mol. The third-order valence-corrected chi connectivity index (χ3v) is 7.61. The molecule has 0 amide bonds. The van der Waals surface area contributed by atoms with Gasteiger partial charge in [-0.25, -0.2) is 0 Å². The van der Waals surface area contributed by atoms with Gasteiger partial charge in [0.2, 0.25) is 0 Å². The molecule has 7 atom stereocenters. The minimum atomic E-state index is -0.663. The van der Waals surface area contributed by atoms with E-state index >= 15 is 0 Å². The van der Waals surface area contributed by atoms with Crippen LogP contribution in [-0.4, -0.2) is 97.6 Å². The Bertz CT molecular complexity index is 845. The molecule has 10 nitrogen and oxygen atoms in total. The lowest BCUT2D eigenvalue weighted by Crippen LogP contribution is -2.59. The summed E-state index contributed by atoms with van der Waals surface area (Å²) >= 11 is 0. The molecule has 2 aliphatic rings. The molecule has 1 aromatic carbocycles. The van der Waals surface area contributed by atoms with E-state index in [1.54, 1.807) is 28.4 Å². The summed E-state index contributed by atoms with van der Waals surface area (Å²) in [6.07, 6.45) is -1.24. The Morgan fingerprint density at radius 1 is 1.00 bits per heavy atom. The Morgan fingerprint density at radius 3 is 2.32 bits per heavy atom. The van der Waals surface area contributed by atoms with Gasteiger partial charge in [-0.2, -0.15) is 0 Å². The number of methoxy groups -OCH3 is 5. The van der Waals surface area contributed by atoms with Gasteiger partial charge in [-0.05, 0) is 24.1 Å². The third-order valence-electron chi connectivity index (χ3n) is 7.61. The topological polar surface area (TPSA) is 100 Å². The van der Waals surface area contributed by atoms with Gasteiger partial charge < -0.3 is 42.6 Å². The van der Waals surface area contributed by atoms with E-state index in [4.69, 9.17) is 42.6 Å². The number of carbonyl (C=O) groups is 1. The normalized spacial score (nSPS) is 31.1. The average molecular weight is 541 g/mol. The minimum Gasteiger partial charge on any atom is -0.497 e. The van der Waals surface area contributed by atoms with Crippen molar-refractivity contribution in [3.05, 3.63) is 29.8 Å². The van der Waals surface area contributed by atoms with Gasteiger partial charge in [0.15, 0.2) is 6.29 Å². The molecule has 1 aromatic rings. The fourth-order valence-electron chi connectivity index (χ4n) is 5.06. The second kappa shape index (κ2) is 14.6. The summed E-state index contributed by atoms with van der Waals surface area (Å²) in [6.45, 7) is 5.38. The van der Waals surface area contributed by atoms with E-state index in [2.05, 4.69) is 0 Å². The van der Waals surface area contributed by atoms with Crippen molar-refractivity contribution in [3.8, 4) is 5.75 Å². The lowest BCUT2D eigenvalue weighted by molar-refractivity contribution is -0.318. The lowest BCUT2D eigenvalue weighted by atomic mass is 9.74. The van der Waals surface area contributed by atoms with E-state index in [0.29, 0.717) is 32.7 Å². The molecule has 2 fully saturated rings. The zero-order chi connectivity index (χ0) is 27.7. The third kappa shape index (κ3) is 7.65. The van der Waals surface area contributed by atoms with Gasteiger partial charge in [0.05, 0.1) is 52.2 Å². The lowest BCUT2D eigenvalue weighted by Gasteiger charge is -2.50. The summed E-state index contributed by atoms with van der Waals surface area (Å²) < 4.78 is 52.0. The van der Waals surface area contributed by atoms with Crippen molar-refractivity contribution < 1.29 is 47.4 Å². The smallest absolute Gasteiger partial charge is 0.308 e. The van der Waals surface area contributed by atoms with Gasteiger partial charge >= 0.3 is 5.97 Å². The highest BCUT2D eigenvalue weighted by Crippen LogP contribution is 2.42. The van der Waals surface area contributed by atoms with Crippen molar-refractivity contribution in [1.82, 2.24) is 0 Å². The van der Waals surface area contributed by atoms with Gasteiger partial charge in [0.25, 0.3) is 0 Å². The number of carbonyl (C=O) groups excluding carboxylic acids is 1. The van der Waals surface area contributed by atoms with Crippen LogP contribution in [0.25, 0.3) is 0 Å². The molecule has 0 bridgehead atoms. The molecule has 2 saturated heterocycles. The van der Waals surface area contributed by atoms with Crippen molar-refractivity contribution >= 4 is 5.97 Å². The quantitative estimate of drug-likeness (QED) is 0.274. The summed E-state index contributed by atoms with van der Waals surface area (Å²) in [5, 5.41) is 0. The highest BCUT2D eigenvalue weighted by molar-refractivity contribution is 5.69. The number of hydrogen-bond acceptors (Lipinski definition) is 10. The van der Waals surface area contributed by atoms with Crippen molar-refractivity contribution in [1.29, 1.82) is 0 Å². The Labute approximate surface area is 226 Å². The summed E-state index contributed by atoms with van der Waals surface area (Å²) in [7, 11) is 7.87. The second-order valence-corrected chi connectivity index (χ2v) is 10.3. The molecule has 0 saturated carbocycles. The van der Waals surface area contributed by atoms with Crippen LogP contribution >= 0.6 is 0 Å². The predicted molar refractivity (Wildman–Crippen MR) is 138 cm³/mol. The fourth-order valence-corrected chi connectivity index (χ4v) is 5.06. The number of benzene rings is 1. The van der Waals surface area contributed by atoms with E-state index < -0.39 is 23.9 Å². The molecule has 0 radical (unpaired) electrons. The monoisotopic (exact) mass is 540 g/mol. The summed E-state index contributed by atoms with van der Waals surface area (Å²) in [4.78, 5) is 12.2. The minimum absolute atomic E-state index is 0.123. The molecule has 0 aromatic heterocycles. The van der Waals surface area contributed by atoms with Crippen molar-refractivity contribution in [3.63, 3.8) is 0 Å². The molecular formula is C28H44O10. The van der Waals surface area contributed by atoms with Crippen LogP contribution in [0, 0.1) is 5.41 Å². The highest BCUT2D eigenvalue weighted by Gasteiger charge is 2.50. The number of ether oxygens (including phenoxy) is 9. The fraction of sp³-hybridized carbons (Fsp3) is 0.750. The Balaban J connectivity index is 1.66. The summed E-state index contributed by atoms with van der Waals surface area (Å²) in [5.74, 6) is 0.478. The molecule has 0 aliphatic carbocycles. The zero-order valence-electron chi connectivity index (χ0n) is 23.7.